The lowest BCUT2D eigenvalue weighted by Gasteiger charge is -2.12. The fourth-order valence-electron chi connectivity index (χ4n) is 8.01. The summed E-state index contributed by atoms with van der Waals surface area (Å²) in [6, 6.07) is 43.4. The molecular weight excluding hydrogens is 1350 g/mol. The predicted octanol–water partition coefficient (Wildman–Crippen LogP) is 11.3. The largest absolute Gasteiger partial charge is 0.496 e. The smallest absolute Gasteiger partial charge is 0.276 e. The highest BCUT2D eigenvalue weighted by Gasteiger charge is 2.15. The van der Waals surface area contributed by atoms with Gasteiger partial charge in [-0.2, -0.15) is 18.4 Å². The van der Waals surface area contributed by atoms with E-state index in [1.807, 2.05) is 99.5 Å². The minimum atomic E-state index is -3.74. The molecule has 0 fully saturated rings. The van der Waals surface area contributed by atoms with Gasteiger partial charge in [0, 0.05) is 27.5 Å². The number of rotatable bonds is 12. The Bertz CT molecular complexity index is 4520. The number of fused-ring (bicyclic) bond motifs is 2. The summed E-state index contributed by atoms with van der Waals surface area (Å²) in [5, 5.41) is 40.4. The van der Waals surface area contributed by atoms with Crippen LogP contribution >= 0.6 is 34.2 Å². The lowest BCUT2D eigenvalue weighted by molar-refractivity contribution is 0.100. The van der Waals surface area contributed by atoms with Gasteiger partial charge in [-0.3, -0.25) is 9.59 Å². The Labute approximate surface area is 567 Å². The molecule has 0 unspecified atom stereocenters. The van der Waals surface area contributed by atoms with Crippen LogP contribution in [0.5, 0.6) is 23.0 Å². The number of hydrogen-bond donors (Lipinski definition) is 5. The Balaban J connectivity index is 0.000000255. The van der Waals surface area contributed by atoms with Gasteiger partial charge in [-0.15, -0.1) is 6.42 Å². The standard InChI is InChI=1S/C21H18N2O2.C19H20N2O4S.C12H12O3.C9H7ClN2.C9H9IO2.C3H4O/c1-14(16-10-11-20(25-3)17(13-16)7-6-12-24)21-18-8-4-5-9-19(18)22-15(2)23-21;1-14-6-9-18(10-7-14)26(23,24)21-20-15(2)16-8-11-19(25-3)17(13-16)5-4-12-22;1-9(14)10-5-6-12(15-2)11(8-10)4-3-7-13;1-6-11-8-5-3-2-4-7(8)9(10)12-6;1-6(11)7-3-4-9(12-2)8(10)5-7;1-2-3-4/h4-5,8-11,13,24H,1,12H2,2-3H3;6-11,13,21-22H,12H2,1-3H3;5-6,8,13H,7H2,1-2H3;2-5H,1H3;3-5H,1-2H3;1,4H,3H2/b;20-15+;;;;. The van der Waals surface area contributed by atoms with Gasteiger partial charge in [0.15, 0.2) is 11.6 Å². The van der Waals surface area contributed by atoms with Crippen LogP contribution in [-0.2, 0) is 10.0 Å². The summed E-state index contributed by atoms with van der Waals surface area (Å²) >= 11 is 8.05. The second kappa shape index (κ2) is 39.4. The fourth-order valence-corrected chi connectivity index (χ4v) is 9.88. The molecule has 0 saturated carbocycles. The first-order valence-electron chi connectivity index (χ1n) is 28.2. The number of para-hydroxylation sites is 2. The molecular formula is C73H70ClIN6O12S. The van der Waals surface area contributed by atoms with E-state index >= 15 is 0 Å². The van der Waals surface area contributed by atoms with Crippen molar-refractivity contribution in [3.8, 4) is 70.9 Å². The minimum absolute atomic E-state index is 0.0234. The highest BCUT2D eigenvalue weighted by atomic mass is 127. The van der Waals surface area contributed by atoms with E-state index < -0.39 is 10.0 Å². The molecule has 0 amide bonds. The third kappa shape index (κ3) is 23.6. The van der Waals surface area contributed by atoms with Crippen molar-refractivity contribution in [2.24, 2.45) is 5.10 Å². The molecule has 0 aliphatic carbocycles. The Morgan fingerprint density at radius 2 is 0.968 bits per heavy atom. The maximum Gasteiger partial charge on any atom is 0.276 e. The molecule has 2 heterocycles. The number of terminal acetylenes is 1. The zero-order chi connectivity index (χ0) is 69.3. The van der Waals surface area contributed by atoms with E-state index in [-0.39, 0.29) is 42.9 Å². The van der Waals surface area contributed by atoms with E-state index in [1.54, 1.807) is 88.7 Å². The summed E-state index contributed by atoms with van der Waals surface area (Å²) in [5.41, 5.74) is 9.58. The van der Waals surface area contributed by atoms with E-state index in [1.165, 1.54) is 33.3 Å². The summed E-state index contributed by atoms with van der Waals surface area (Å²) < 4.78 is 46.3. The summed E-state index contributed by atoms with van der Waals surface area (Å²) in [6.45, 7) is 13.7. The molecule has 5 N–H and O–H groups in total. The minimum Gasteiger partial charge on any atom is -0.496 e. The fraction of sp³-hybridized carbons (Fsp3) is 0.192. The number of benzene rings is 7. The summed E-state index contributed by atoms with van der Waals surface area (Å²) in [6.07, 6.45) is 4.53. The molecule has 94 heavy (non-hydrogen) atoms. The summed E-state index contributed by atoms with van der Waals surface area (Å²) in [5.74, 6) is 22.2. The first-order valence-corrected chi connectivity index (χ1v) is 31.2. The Kier molecular flexibility index (Phi) is 32.1. The molecule has 0 atom stereocenters. The van der Waals surface area contributed by atoms with E-state index in [2.05, 4.69) is 101 Å². The third-order valence-electron chi connectivity index (χ3n) is 12.7. The number of halogens is 2. The average Bonchev–Trinajstić information content (AvgIpc) is 0.799. The SMILES string of the molecule is C#CCO.C=C(c1ccc(OC)c(C#CCO)c1)c1nc(C)nc2ccccc12.COc1ccc(/C(C)=N/NS(=O)(=O)c2ccc(C)cc2)cc1C#CCO.COc1ccc(C(C)=O)cc1C#CCO.COc1ccc(C(C)=O)cc1I.Cc1nc(Cl)c2ccccc2n1. The molecule has 7 aromatic carbocycles. The van der Waals surface area contributed by atoms with Gasteiger partial charge in [0.25, 0.3) is 10.0 Å². The van der Waals surface area contributed by atoms with Gasteiger partial charge < -0.3 is 39.4 Å². The van der Waals surface area contributed by atoms with E-state index in [0.717, 1.165) is 59.1 Å². The number of sulfonamides is 1. The molecule has 9 aromatic rings. The van der Waals surface area contributed by atoms with Gasteiger partial charge in [0.1, 0.15) is 66.2 Å². The van der Waals surface area contributed by atoms with Crippen molar-refractivity contribution in [3.05, 3.63) is 223 Å². The number of nitrogens with one attached hydrogen (secondary N) is 1. The van der Waals surface area contributed by atoms with Gasteiger partial charge in [-0.05, 0) is 172 Å². The zero-order valence-electron chi connectivity index (χ0n) is 53.4. The molecule has 18 nitrogen and oxygen atoms in total. The monoisotopic (exact) mass is 1420 g/mol. The molecule has 0 radical (unpaired) electrons. The van der Waals surface area contributed by atoms with Crippen molar-refractivity contribution in [2.45, 2.75) is 46.4 Å². The number of aliphatic hydroxyl groups is 4. The number of Topliss-reactive ketones (excluding diaryl/α,β-unsaturated/α-hetero) is 2. The third-order valence-corrected chi connectivity index (χ3v) is 15.0. The molecule has 0 aliphatic rings. The first-order chi connectivity index (χ1) is 45.0. The quantitative estimate of drug-likeness (QED) is 0.0190. The molecule has 0 saturated heterocycles. The van der Waals surface area contributed by atoms with Crippen LogP contribution in [0.1, 0.15) is 92.2 Å². The molecule has 0 spiro atoms. The van der Waals surface area contributed by atoms with Crippen molar-refractivity contribution < 1.29 is 57.4 Å². The van der Waals surface area contributed by atoms with Crippen molar-refractivity contribution in [1.82, 2.24) is 24.8 Å². The number of carbonyl (C=O) groups excluding carboxylic acids is 2. The predicted molar refractivity (Wildman–Crippen MR) is 378 cm³/mol. The molecule has 0 aliphatic heterocycles. The van der Waals surface area contributed by atoms with Crippen LogP contribution in [0, 0.1) is 72.2 Å². The van der Waals surface area contributed by atoms with Crippen LogP contribution in [0.25, 0.3) is 27.4 Å². The Morgan fingerprint density at radius 1 is 0.564 bits per heavy atom. The van der Waals surface area contributed by atoms with Crippen molar-refractivity contribution >= 4 is 88.9 Å². The van der Waals surface area contributed by atoms with Crippen molar-refractivity contribution in [1.29, 1.82) is 0 Å². The first kappa shape index (κ1) is 76.5. The lowest BCUT2D eigenvalue weighted by Crippen LogP contribution is -2.20. The number of hydrazone groups is 1. The molecule has 9 rings (SSSR count). The number of carbonyl (C=O) groups is 2. The second-order valence-corrected chi connectivity index (χ2v) is 22.4. The summed E-state index contributed by atoms with van der Waals surface area (Å²) in [7, 11) is 2.53. The average molecular weight is 1420 g/mol. The number of nitrogens with zero attached hydrogens (tertiary/aromatic N) is 5. The molecule has 484 valence electrons. The van der Waals surface area contributed by atoms with Crippen LogP contribution in [0.15, 0.2) is 162 Å². The van der Waals surface area contributed by atoms with E-state index in [9.17, 15) is 18.0 Å². The van der Waals surface area contributed by atoms with Crippen molar-refractivity contribution in [3.63, 3.8) is 0 Å². The lowest BCUT2D eigenvalue weighted by atomic mass is 9.98. The van der Waals surface area contributed by atoms with Crippen LogP contribution in [0.3, 0.4) is 0 Å². The number of aryl methyl sites for hydroxylation is 3. The van der Waals surface area contributed by atoms with Gasteiger partial charge in [-0.1, -0.05) is 114 Å². The van der Waals surface area contributed by atoms with Gasteiger partial charge in [0.2, 0.25) is 0 Å². The van der Waals surface area contributed by atoms with Crippen LogP contribution in [0.2, 0.25) is 5.15 Å². The van der Waals surface area contributed by atoms with Crippen LogP contribution in [-0.4, -0.2) is 121 Å². The molecule has 21 heteroatoms. The van der Waals surface area contributed by atoms with Crippen molar-refractivity contribution in [2.75, 3.05) is 54.9 Å². The maximum absolute atomic E-state index is 12.3. The second-order valence-electron chi connectivity index (χ2n) is 19.2. The van der Waals surface area contributed by atoms with Gasteiger partial charge in [-0.25, -0.2) is 19.9 Å². The molecule has 2 aromatic heterocycles. The number of aromatic nitrogens is 4. The van der Waals surface area contributed by atoms with Gasteiger partial charge in [0.05, 0.1) is 76.0 Å². The zero-order valence-corrected chi connectivity index (χ0v) is 57.2. The number of ketones is 2. The number of hydrogen-bond acceptors (Lipinski definition) is 17. The normalized spacial score (nSPS) is 10.1. The van der Waals surface area contributed by atoms with Gasteiger partial charge >= 0.3 is 0 Å². The Morgan fingerprint density at radius 3 is 1.43 bits per heavy atom. The number of methoxy groups -OCH3 is 4. The highest BCUT2D eigenvalue weighted by Crippen LogP contribution is 2.30. The topological polar surface area (TPSA) is 262 Å². The highest BCUT2D eigenvalue weighted by molar-refractivity contribution is 14.1. The van der Waals surface area contributed by atoms with E-state index in [0.29, 0.717) is 67.6 Å². The van der Waals surface area contributed by atoms with E-state index in [4.69, 9.17) is 51.0 Å². The number of ether oxygens (including phenoxy) is 4. The number of aliphatic hydroxyl groups excluding tert-OH is 4. The Hall–Kier alpha value is -9.98. The maximum atomic E-state index is 12.3. The van der Waals surface area contributed by atoms with Crippen LogP contribution in [0.4, 0.5) is 0 Å². The summed E-state index contributed by atoms with van der Waals surface area (Å²) in [4.78, 5) is 41.8. The molecule has 0 bridgehead atoms. The van der Waals surface area contributed by atoms with Crippen LogP contribution < -0.4 is 23.8 Å².